The highest BCUT2D eigenvalue weighted by Crippen LogP contribution is 2.41. The number of likely N-dealkylation sites (N-methyl/N-ethyl adjacent to an activating group) is 1. The van der Waals surface area contributed by atoms with Gasteiger partial charge in [-0.25, -0.2) is 0 Å². The summed E-state index contributed by atoms with van der Waals surface area (Å²) in [5.74, 6) is 0.0452. The van der Waals surface area contributed by atoms with E-state index in [4.69, 9.17) is 4.74 Å². The molecule has 1 saturated heterocycles. The first-order valence-corrected chi connectivity index (χ1v) is 11.6. The molecule has 0 N–H and O–H groups in total. The van der Waals surface area contributed by atoms with Gasteiger partial charge in [-0.2, -0.15) is 0 Å². The van der Waals surface area contributed by atoms with Gasteiger partial charge in [0.1, 0.15) is 0 Å². The first-order valence-electron chi connectivity index (χ1n) is 11.6. The van der Waals surface area contributed by atoms with Crippen LogP contribution in [0.4, 0.5) is 5.69 Å². The van der Waals surface area contributed by atoms with E-state index >= 15 is 0 Å². The zero-order valence-electron chi connectivity index (χ0n) is 20.1. The van der Waals surface area contributed by atoms with E-state index in [1.54, 1.807) is 0 Å². The summed E-state index contributed by atoms with van der Waals surface area (Å²) in [6.45, 7) is 13.4. The number of ether oxygens (including phenoxy) is 1. The molecule has 1 aromatic carbocycles. The topological polar surface area (TPSA) is 36.0 Å². The maximum absolute atomic E-state index is 13.2. The van der Waals surface area contributed by atoms with Crippen LogP contribution < -0.4 is 4.90 Å². The van der Waals surface area contributed by atoms with E-state index in [1.807, 2.05) is 32.0 Å². The third-order valence-corrected chi connectivity index (χ3v) is 6.31. The number of amides is 1. The number of hydrogen-bond donors (Lipinski definition) is 0. The Labute approximate surface area is 183 Å². The lowest BCUT2D eigenvalue weighted by molar-refractivity contribution is -0.206. The van der Waals surface area contributed by atoms with E-state index in [0.717, 1.165) is 32.4 Å². The van der Waals surface area contributed by atoms with Gasteiger partial charge in [0, 0.05) is 31.2 Å². The fraction of sp³-hybridized carbons (Fsp3) is 0.640. The zero-order valence-corrected chi connectivity index (χ0v) is 20.1. The SMILES string of the molecule is CCCC(CC)C1(N(C)C)O/C(=C/Cc2ccc(N(CC)CC)cc2)C(=O)N1CC. The molecule has 5 heteroatoms. The van der Waals surface area contributed by atoms with Crippen LogP contribution >= 0.6 is 0 Å². The molecule has 1 amide bonds. The number of anilines is 1. The van der Waals surface area contributed by atoms with Crippen LogP contribution in [-0.2, 0) is 16.0 Å². The Hall–Kier alpha value is -2.01. The number of carbonyl (C=O) groups excluding carboxylic acids is 1. The summed E-state index contributed by atoms with van der Waals surface area (Å²) in [6, 6.07) is 8.61. The normalized spacial score (nSPS) is 21.4. The van der Waals surface area contributed by atoms with Crippen LogP contribution in [0.5, 0.6) is 0 Å². The third kappa shape index (κ3) is 4.66. The van der Waals surface area contributed by atoms with E-state index in [0.29, 0.717) is 18.7 Å². The second kappa shape index (κ2) is 10.9. The molecule has 5 nitrogen and oxygen atoms in total. The molecule has 0 bridgehead atoms. The van der Waals surface area contributed by atoms with Gasteiger partial charge in [0.15, 0.2) is 5.76 Å². The fourth-order valence-electron chi connectivity index (χ4n) is 4.69. The van der Waals surface area contributed by atoms with Gasteiger partial charge < -0.3 is 9.64 Å². The number of allylic oxidation sites excluding steroid dienone is 1. The van der Waals surface area contributed by atoms with Crippen LogP contribution in [0.3, 0.4) is 0 Å². The van der Waals surface area contributed by atoms with E-state index < -0.39 is 5.85 Å². The maximum atomic E-state index is 13.2. The molecule has 1 aliphatic rings. The van der Waals surface area contributed by atoms with Crippen molar-refractivity contribution in [1.29, 1.82) is 0 Å². The van der Waals surface area contributed by atoms with Crippen LogP contribution in [0.2, 0.25) is 0 Å². The second-order valence-corrected chi connectivity index (χ2v) is 8.21. The lowest BCUT2D eigenvalue weighted by Crippen LogP contribution is -2.61. The molecule has 0 radical (unpaired) electrons. The predicted octanol–water partition coefficient (Wildman–Crippen LogP) is 4.88. The monoisotopic (exact) mass is 415 g/mol. The minimum atomic E-state index is -0.699. The molecule has 1 aliphatic heterocycles. The summed E-state index contributed by atoms with van der Waals surface area (Å²) >= 11 is 0. The van der Waals surface area contributed by atoms with Crippen LogP contribution in [0, 0.1) is 5.92 Å². The summed E-state index contributed by atoms with van der Waals surface area (Å²) in [5.41, 5.74) is 2.42. The summed E-state index contributed by atoms with van der Waals surface area (Å²) < 4.78 is 6.51. The minimum Gasteiger partial charge on any atom is -0.449 e. The molecule has 0 saturated carbocycles. The van der Waals surface area contributed by atoms with Crippen LogP contribution in [-0.4, -0.2) is 55.3 Å². The lowest BCUT2D eigenvalue weighted by Gasteiger charge is -2.45. The van der Waals surface area contributed by atoms with Crippen molar-refractivity contribution in [2.24, 2.45) is 5.92 Å². The quantitative estimate of drug-likeness (QED) is 0.483. The van der Waals surface area contributed by atoms with Crippen molar-refractivity contribution < 1.29 is 9.53 Å². The number of nitrogens with zero attached hydrogens (tertiary/aromatic N) is 3. The van der Waals surface area contributed by atoms with Crippen molar-refractivity contribution in [2.45, 2.75) is 66.2 Å². The first kappa shape index (κ1) is 24.3. The van der Waals surface area contributed by atoms with Gasteiger partial charge in [0.2, 0.25) is 5.85 Å². The van der Waals surface area contributed by atoms with Crippen molar-refractivity contribution in [2.75, 3.05) is 38.6 Å². The Bertz CT molecular complexity index is 710. The molecule has 1 fully saturated rings. The number of rotatable bonds is 11. The molecule has 30 heavy (non-hydrogen) atoms. The highest BCUT2D eigenvalue weighted by molar-refractivity contribution is 5.94. The Morgan fingerprint density at radius 2 is 1.70 bits per heavy atom. The van der Waals surface area contributed by atoms with Gasteiger partial charge in [0.25, 0.3) is 5.91 Å². The summed E-state index contributed by atoms with van der Waals surface area (Å²) in [6.07, 6.45) is 5.71. The molecular weight excluding hydrogens is 374 g/mol. The van der Waals surface area contributed by atoms with Crippen molar-refractivity contribution >= 4 is 11.6 Å². The number of hydrogen-bond acceptors (Lipinski definition) is 4. The summed E-state index contributed by atoms with van der Waals surface area (Å²) in [4.78, 5) is 19.5. The molecular formula is C25H41N3O2. The molecule has 2 atom stereocenters. The Morgan fingerprint density at radius 1 is 1.07 bits per heavy atom. The summed E-state index contributed by atoms with van der Waals surface area (Å²) in [7, 11) is 4.03. The molecule has 0 aliphatic carbocycles. The maximum Gasteiger partial charge on any atom is 0.292 e. The van der Waals surface area contributed by atoms with Crippen molar-refractivity contribution in [3.63, 3.8) is 0 Å². The number of benzene rings is 1. The van der Waals surface area contributed by atoms with E-state index in [9.17, 15) is 4.79 Å². The highest BCUT2D eigenvalue weighted by Gasteiger charge is 2.55. The molecule has 168 valence electrons. The molecule has 0 spiro atoms. The number of carbonyl (C=O) groups is 1. The van der Waals surface area contributed by atoms with E-state index in [1.165, 1.54) is 11.3 Å². The molecule has 2 rings (SSSR count). The molecule has 2 unspecified atom stereocenters. The van der Waals surface area contributed by atoms with Crippen LogP contribution in [0.25, 0.3) is 0 Å². The van der Waals surface area contributed by atoms with Crippen molar-refractivity contribution in [3.8, 4) is 0 Å². The highest BCUT2D eigenvalue weighted by atomic mass is 16.6. The van der Waals surface area contributed by atoms with E-state index in [2.05, 4.69) is 61.8 Å². The van der Waals surface area contributed by atoms with Gasteiger partial charge >= 0.3 is 0 Å². The molecule has 1 aromatic rings. The minimum absolute atomic E-state index is 0.000476. The summed E-state index contributed by atoms with van der Waals surface area (Å²) in [5, 5.41) is 0. The lowest BCUT2D eigenvalue weighted by atomic mass is 9.92. The van der Waals surface area contributed by atoms with Gasteiger partial charge in [-0.1, -0.05) is 32.4 Å². The van der Waals surface area contributed by atoms with Crippen LogP contribution in [0.15, 0.2) is 36.1 Å². The van der Waals surface area contributed by atoms with E-state index in [-0.39, 0.29) is 11.8 Å². The zero-order chi connectivity index (χ0) is 22.3. The Balaban J connectivity index is 2.27. The molecule has 0 aromatic heterocycles. The average Bonchev–Trinajstić information content (AvgIpc) is 3.04. The van der Waals surface area contributed by atoms with Gasteiger partial charge in [-0.15, -0.1) is 0 Å². The fourth-order valence-corrected chi connectivity index (χ4v) is 4.69. The van der Waals surface area contributed by atoms with Crippen molar-refractivity contribution in [1.82, 2.24) is 9.80 Å². The largest absolute Gasteiger partial charge is 0.449 e. The predicted molar refractivity (Wildman–Crippen MR) is 125 cm³/mol. The standard InChI is InChI=1S/C25H41N3O2/c1-8-13-21(9-2)25(26(6)7)28(12-5)24(29)23(30-25)19-16-20-14-17-22(18-15-20)27(10-3)11-4/h14-15,17-19,21H,8-13,16H2,1-7H3/b23-19+. The van der Waals surface area contributed by atoms with Gasteiger partial charge in [0.05, 0.1) is 0 Å². The van der Waals surface area contributed by atoms with Gasteiger partial charge in [-0.05, 0) is 77.9 Å². The first-order chi connectivity index (χ1) is 14.4. The average molecular weight is 416 g/mol. The second-order valence-electron chi connectivity index (χ2n) is 8.21. The smallest absolute Gasteiger partial charge is 0.292 e. The Kier molecular flexibility index (Phi) is 8.78. The molecule has 1 heterocycles. The van der Waals surface area contributed by atoms with Crippen LogP contribution in [0.1, 0.15) is 59.4 Å². The van der Waals surface area contributed by atoms with Gasteiger partial charge in [-0.3, -0.25) is 14.6 Å². The third-order valence-electron chi connectivity index (χ3n) is 6.31. The van der Waals surface area contributed by atoms with Crippen molar-refractivity contribution in [3.05, 3.63) is 41.7 Å². The Morgan fingerprint density at radius 3 is 2.17 bits per heavy atom.